The molecule has 3 aromatic rings. The van der Waals surface area contributed by atoms with Gasteiger partial charge in [0, 0.05) is 5.57 Å². The molecule has 1 atom stereocenters. The third kappa shape index (κ3) is 3.20. The molecule has 2 aliphatic carbocycles. The van der Waals surface area contributed by atoms with E-state index in [0.717, 1.165) is 39.5 Å². The highest BCUT2D eigenvalue weighted by Gasteiger charge is 2.32. The van der Waals surface area contributed by atoms with Crippen molar-refractivity contribution in [2.45, 2.75) is 18.9 Å². The second-order valence-electron chi connectivity index (χ2n) is 7.50. The minimum Gasteiger partial charge on any atom is -0.458 e. The van der Waals surface area contributed by atoms with Crippen molar-refractivity contribution >= 4 is 34.4 Å². The number of allylic oxidation sites excluding steroid dienone is 2. The van der Waals surface area contributed by atoms with Gasteiger partial charge in [0.15, 0.2) is 0 Å². The topological polar surface area (TPSA) is 52.6 Å². The van der Waals surface area contributed by atoms with Crippen LogP contribution in [0.4, 0.5) is 0 Å². The van der Waals surface area contributed by atoms with Gasteiger partial charge in [0.25, 0.3) is 0 Å². The van der Waals surface area contributed by atoms with Crippen molar-refractivity contribution in [3.63, 3.8) is 0 Å². The third-order valence-electron chi connectivity index (χ3n) is 5.79. The van der Waals surface area contributed by atoms with Crippen LogP contribution >= 0.6 is 0 Å². The molecular weight excluding hydrogens is 376 g/mol. The lowest BCUT2D eigenvalue weighted by Gasteiger charge is -2.17. The molecule has 0 saturated heterocycles. The van der Waals surface area contributed by atoms with Crippen LogP contribution in [0.2, 0.25) is 0 Å². The standard InChI is InChI=1S/C26H19O4/c27-16-30-25(26(28)29-15-21-10-9-17-5-3-4-8-22(17)21)23-12-11-20-13-18-6-1-2-7-19(18)14-24(20)23/h1-8,10,12-14,25H,9,11,15H2. The Balaban J connectivity index is 1.37. The number of hydrogen-bond acceptors (Lipinski definition) is 4. The number of esters is 1. The van der Waals surface area contributed by atoms with Crippen LogP contribution in [0.1, 0.15) is 22.3 Å². The zero-order valence-corrected chi connectivity index (χ0v) is 16.3. The van der Waals surface area contributed by atoms with E-state index in [1.54, 1.807) is 0 Å². The first-order valence-electron chi connectivity index (χ1n) is 9.93. The predicted octanol–water partition coefficient (Wildman–Crippen LogP) is 4.41. The highest BCUT2D eigenvalue weighted by Crippen LogP contribution is 2.35. The molecule has 0 N–H and O–H groups in total. The van der Waals surface area contributed by atoms with Crippen LogP contribution in [-0.2, 0) is 31.9 Å². The lowest BCUT2D eigenvalue weighted by Crippen LogP contribution is -2.28. The summed E-state index contributed by atoms with van der Waals surface area (Å²) in [6.45, 7) is 1.58. The molecule has 0 saturated carbocycles. The normalized spacial score (nSPS) is 15.1. The van der Waals surface area contributed by atoms with Crippen molar-refractivity contribution in [2.75, 3.05) is 6.61 Å². The summed E-state index contributed by atoms with van der Waals surface area (Å²) in [6, 6.07) is 20.3. The van der Waals surface area contributed by atoms with E-state index in [9.17, 15) is 9.59 Å². The van der Waals surface area contributed by atoms with E-state index in [0.29, 0.717) is 12.0 Å². The fraction of sp³-hybridized carbons (Fsp3) is 0.154. The summed E-state index contributed by atoms with van der Waals surface area (Å²) in [5, 5.41) is 2.21. The van der Waals surface area contributed by atoms with Crippen LogP contribution in [0.15, 0.2) is 72.8 Å². The summed E-state index contributed by atoms with van der Waals surface area (Å²) in [6.07, 6.45) is 4.38. The van der Waals surface area contributed by atoms with Crippen molar-refractivity contribution < 1.29 is 19.1 Å². The Hall–Kier alpha value is -3.66. The van der Waals surface area contributed by atoms with Gasteiger partial charge in [0.05, 0.1) is 0 Å². The number of benzene rings is 3. The lowest BCUT2D eigenvalue weighted by atomic mass is 9.97. The molecule has 3 aromatic carbocycles. The molecule has 4 nitrogen and oxygen atoms in total. The smallest absolute Gasteiger partial charge is 0.418 e. The van der Waals surface area contributed by atoms with Gasteiger partial charge in [0.1, 0.15) is 6.61 Å². The largest absolute Gasteiger partial charge is 0.458 e. The first kappa shape index (κ1) is 18.4. The van der Waals surface area contributed by atoms with Gasteiger partial charge >= 0.3 is 12.4 Å². The Bertz CT molecular complexity index is 1220. The van der Waals surface area contributed by atoms with Gasteiger partial charge in [-0.05, 0) is 57.5 Å². The monoisotopic (exact) mass is 395 g/mol. The molecule has 1 unspecified atom stereocenters. The Morgan fingerprint density at radius 2 is 1.63 bits per heavy atom. The number of carbonyl (C=O) groups excluding carboxylic acids is 2. The highest BCUT2D eigenvalue weighted by atomic mass is 16.6. The molecule has 5 rings (SSSR count). The predicted molar refractivity (Wildman–Crippen MR) is 115 cm³/mol. The fourth-order valence-corrected chi connectivity index (χ4v) is 4.31. The number of ether oxygens (including phenoxy) is 2. The van der Waals surface area contributed by atoms with Gasteiger partial charge in [-0.25, -0.2) is 9.59 Å². The molecule has 1 radical (unpaired) electrons. The van der Waals surface area contributed by atoms with Crippen molar-refractivity contribution in [3.8, 4) is 0 Å². The highest BCUT2D eigenvalue weighted by molar-refractivity contribution is 5.98. The summed E-state index contributed by atoms with van der Waals surface area (Å²) >= 11 is 0. The molecule has 4 heteroatoms. The van der Waals surface area contributed by atoms with Gasteiger partial charge < -0.3 is 9.47 Å². The van der Waals surface area contributed by atoms with E-state index in [1.165, 1.54) is 12.0 Å². The molecule has 0 aliphatic heterocycles. The maximum Gasteiger partial charge on any atom is 0.418 e. The van der Waals surface area contributed by atoms with Crippen LogP contribution in [-0.4, -0.2) is 25.2 Å². The van der Waals surface area contributed by atoms with Crippen molar-refractivity contribution in [2.24, 2.45) is 0 Å². The molecular formula is C26H19O4. The van der Waals surface area contributed by atoms with Crippen LogP contribution in [0, 0.1) is 0 Å². The average molecular weight is 395 g/mol. The molecule has 0 amide bonds. The maximum absolute atomic E-state index is 12.9. The molecule has 0 heterocycles. The number of fused-ring (bicyclic) bond motifs is 3. The number of rotatable bonds is 6. The molecule has 0 aromatic heterocycles. The van der Waals surface area contributed by atoms with Gasteiger partial charge in [-0.3, -0.25) is 0 Å². The minimum atomic E-state index is -1.12. The zero-order chi connectivity index (χ0) is 20.5. The second kappa shape index (κ2) is 7.64. The van der Waals surface area contributed by atoms with Crippen LogP contribution in [0.5, 0.6) is 0 Å². The Morgan fingerprint density at radius 3 is 2.47 bits per heavy atom. The van der Waals surface area contributed by atoms with Crippen molar-refractivity contribution in [1.29, 1.82) is 0 Å². The van der Waals surface area contributed by atoms with E-state index in [4.69, 9.17) is 9.47 Å². The number of carbonyl (C=O) groups is 1. The summed E-state index contributed by atoms with van der Waals surface area (Å²) in [5.41, 5.74) is 5.96. The summed E-state index contributed by atoms with van der Waals surface area (Å²) < 4.78 is 10.6. The van der Waals surface area contributed by atoms with E-state index in [1.807, 2.05) is 48.5 Å². The Labute approximate surface area is 174 Å². The third-order valence-corrected chi connectivity index (χ3v) is 5.79. The van der Waals surface area contributed by atoms with Crippen LogP contribution in [0.3, 0.4) is 0 Å². The van der Waals surface area contributed by atoms with Gasteiger partial charge in [-0.1, -0.05) is 66.7 Å². The van der Waals surface area contributed by atoms with Crippen molar-refractivity contribution in [1.82, 2.24) is 0 Å². The molecule has 2 aliphatic rings. The summed E-state index contributed by atoms with van der Waals surface area (Å²) in [4.78, 5) is 23.9. The quantitative estimate of drug-likeness (QED) is 0.580. The molecule has 0 spiro atoms. The SMILES string of the molecule is O=[C]OC(C(=O)OCC1=CCc2ccccc21)C1=CCc2cc3ccccc3cc21. The Morgan fingerprint density at radius 1 is 0.900 bits per heavy atom. The van der Waals surface area contributed by atoms with Crippen molar-refractivity contribution in [3.05, 3.63) is 95.1 Å². The second-order valence-corrected chi connectivity index (χ2v) is 7.50. The maximum atomic E-state index is 12.9. The van der Waals surface area contributed by atoms with Crippen LogP contribution in [0.25, 0.3) is 21.9 Å². The van der Waals surface area contributed by atoms with Gasteiger partial charge in [-0.15, -0.1) is 0 Å². The van der Waals surface area contributed by atoms with E-state index >= 15 is 0 Å². The molecule has 147 valence electrons. The minimum absolute atomic E-state index is 0.145. The summed E-state index contributed by atoms with van der Waals surface area (Å²) in [7, 11) is 0. The Kier molecular flexibility index (Phi) is 4.68. The number of hydrogen-bond donors (Lipinski definition) is 0. The first-order chi connectivity index (χ1) is 14.7. The lowest BCUT2D eigenvalue weighted by molar-refractivity contribution is -0.148. The van der Waals surface area contributed by atoms with E-state index in [2.05, 4.69) is 24.3 Å². The summed E-state index contributed by atoms with van der Waals surface area (Å²) in [5.74, 6) is -0.587. The zero-order valence-electron chi connectivity index (χ0n) is 16.3. The average Bonchev–Trinajstić information content (AvgIpc) is 3.38. The molecule has 0 fully saturated rings. The van der Waals surface area contributed by atoms with Crippen LogP contribution < -0.4 is 0 Å². The molecule has 30 heavy (non-hydrogen) atoms. The molecule has 0 bridgehead atoms. The van der Waals surface area contributed by atoms with Gasteiger partial charge in [-0.2, -0.15) is 0 Å². The first-order valence-corrected chi connectivity index (χ1v) is 9.93. The fourth-order valence-electron chi connectivity index (χ4n) is 4.31. The van der Waals surface area contributed by atoms with E-state index < -0.39 is 12.1 Å². The van der Waals surface area contributed by atoms with E-state index in [-0.39, 0.29) is 6.61 Å². The van der Waals surface area contributed by atoms with Gasteiger partial charge in [0.2, 0.25) is 6.10 Å².